The number of rotatable bonds is 17. The number of methoxy groups -OCH3 is 2. The van der Waals surface area contributed by atoms with E-state index in [9.17, 15) is 24.3 Å². The molecule has 0 radical (unpaired) electrons. The van der Waals surface area contributed by atoms with Gasteiger partial charge in [-0.1, -0.05) is 64.1 Å². The summed E-state index contributed by atoms with van der Waals surface area (Å²) in [6.07, 6.45) is 1.03. The van der Waals surface area contributed by atoms with Gasteiger partial charge in [-0.3, -0.25) is 24.6 Å². The van der Waals surface area contributed by atoms with Crippen LogP contribution in [0.2, 0.25) is 0 Å². The Morgan fingerprint density at radius 1 is 0.867 bits per heavy atom. The first-order valence-corrected chi connectivity index (χ1v) is 15.1. The highest BCUT2D eigenvalue weighted by molar-refractivity contribution is 5.89. The molecule has 0 unspecified atom stereocenters. The second kappa shape index (κ2) is 17.4. The van der Waals surface area contributed by atoms with Crippen molar-refractivity contribution in [2.45, 2.75) is 78.7 Å². The third-order valence-electron chi connectivity index (χ3n) is 7.35. The Hall–Kier alpha value is -4.16. The topological polar surface area (TPSA) is 158 Å². The number of carbonyl (C=O) groups excluding carboxylic acids is 4. The van der Waals surface area contributed by atoms with Crippen LogP contribution in [0.4, 0.5) is 0 Å². The fourth-order valence-electron chi connectivity index (χ4n) is 4.82. The molecule has 0 aromatic heterocycles. The van der Waals surface area contributed by atoms with Gasteiger partial charge in [0.25, 0.3) is 11.8 Å². The van der Waals surface area contributed by atoms with E-state index >= 15 is 0 Å². The summed E-state index contributed by atoms with van der Waals surface area (Å²) in [6.45, 7) is 9.83. The monoisotopic (exact) mass is 627 g/mol. The van der Waals surface area contributed by atoms with Crippen molar-refractivity contribution >= 4 is 23.6 Å². The van der Waals surface area contributed by atoms with Crippen LogP contribution < -0.4 is 30.8 Å². The van der Waals surface area contributed by atoms with E-state index in [2.05, 4.69) is 21.4 Å². The molecule has 12 heteroatoms. The SMILES string of the molecule is COc1ccc(CN(C[C@H](CCc2ccccc2)NC(=O)[C@@](O)(NC(C)=O)C(C)C)NC(=O)[C@@H](NC(C)=O)C(C)C)cc1OC. The van der Waals surface area contributed by atoms with Gasteiger partial charge in [0.1, 0.15) is 6.04 Å². The predicted molar refractivity (Wildman–Crippen MR) is 171 cm³/mol. The minimum absolute atomic E-state index is 0.123. The number of aryl methyl sites for hydroxylation is 1. The van der Waals surface area contributed by atoms with E-state index in [1.54, 1.807) is 31.0 Å². The van der Waals surface area contributed by atoms with Gasteiger partial charge in [0, 0.05) is 38.9 Å². The van der Waals surface area contributed by atoms with Crippen molar-refractivity contribution in [3.8, 4) is 11.5 Å². The zero-order valence-corrected chi connectivity index (χ0v) is 27.6. The van der Waals surface area contributed by atoms with E-state index in [4.69, 9.17) is 9.47 Å². The van der Waals surface area contributed by atoms with Gasteiger partial charge in [-0.05, 0) is 42.0 Å². The van der Waals surface area contributed by atoms with Gasteiger partial charge in [0.2, 0.25) is 17.5 Å². The van der Waals surface area contributed by atoms with Gasteiger partial charge in [0.05, 0.1) is 14.2 Å². The molecule has 2 aromatic rings. The molecule has 4 amide bonds. The van der Waals surface area contributed by atoms with Crippen LogP contribution in [-0.4, -0.2) is 72.3 Å². The average molecular weight is 628 g/mol. The zero-order chi connectivity index (χ0) is 33.7. The molecule has 12 nitrogen and oxygen atoms in total. The molecular formula is C33H49N5O7. The average Bonchev–Trinajstić information content (AvgIpc) is 2.98. The maximum absolute atomic E-state index is 13.5. The molecule has 0 bridgehead atoms. The summed E-state index contributed by atoms with van der Waals surface area (Å²) in [6, 6.07) is 13.7. The molecule has 0 heterocycles. The van der Waals surface area contributed by atoms with Crippen LogP contribution in [0.15, 0.2) is 48.5 Å². The molecule has 0 saturated carbocycles. The van der Waals surface area contributed by atoms with E-state index in [1.807, 2.05) is 50.2 Å². The van der Waals surface area contributed by atoms with Crippen LogP contribution in [0, 0.1) is 11.8 Å². The van der Waals surface area contributed by atoms with Gasteiger partial charge >= 0.3 is 0 Å². The fourth-order valence-corrected chi connectivity index (χ4v) is 4.82. The van der Waals surface area contributed by atoms with Crippen molar-refractivity contribution in [2.75, 3.05) is 20.8 Å². The number of hydrogen-bond donors (Lipinski definition) is 5. The maximum atomic E-state index is 13.5. The summed E-state index contributed by atoms with van der Waals surface area (Å²) < 4.78 is 10.8. The highest BCUT2D eigenvalue weighted by Gasteiger charge is 2.41. The van der Waals surface area contributed by atoms with Crippen LogP contribution in [0.3, 0.4) is 0 Å². The Bertz CT molecular complexity index is 1290. The smallest absolute Gasteiger partial charge is 0.273 e. The lowest BCUT2D eigenvalue weighted by Gasteiger charge is -2.35. The standard InChI is InChI=1S/C33H49N5O7/c1-21(2)30(34-23(5)39)31(41)37-38(19-26-15-17-28(44-7)29(18-26)45-8)20-27(16-14-25-12-10-9-11-13-25)35-32(42)33(43,22(3)4)36-24(6)40/h9-13,15,17-18,21-22,27,30,43H,14,16,19-20H2,1-8H3,(H,34,39)(H,35,42)(H,36,40)(H,37,41)/t27-,30-,33+/m0/s1. The zero-order valence-electron chi connectivity index (χ0n) is 27.6. The second-order valence-corrected chi connectivity index (χ2v) is 11.8. The molecule has 0 aliphatic carbocycles. The molecular weight excluding hydrogens is 578 g/mol. The number of hydrogen-bond acceptors (Lipinski definition) is 8. The van der Waals surface area contributed by atoms with E-state index in [1.165, 1.54) is 28.1 Å². The number of amides is 4. The van der Waals surface area contributed by atoms with Gasteiger partial charge in [-0.25, -0.2) is 5.01 Å². The Kier molecular flexibility index (Phi) is 14.3. The third kappa shape index (κ3) is 11.4. The first-order valence-electron chi connectivity index (χ1n) is 15.1. The fraction of sp³-hybridized carbons (Fsp3) is 0.515. The third-order valence-corrected chi connectivity index (χ3v) is 7.35. The second-order valence-electron chi connectivity index (χ2n) is 11.8. The predicted octanol–water partition coefficient (Wildman–Crippen LogP) is 2.30. The van der Waals surface area contributed by atoms with Gasteiger partial charge in [-0.15, -0.1) is 0 Å². The first kappa shape index (κ1) is 37.0. The quantitative estimate of drug-likeness (QED) is 0.132. The molecule has 3 atom stereocenters. The molecule has 0 fully saturated rings. The number of hydrazine groups is 1. The summed E-state index contributed by atoms with van der Waals surface area (Å²) in [4.78, 5) is 50.8. The summed E-state index contributed by atoms with van der Waals surface area (Å²) in [5, 5.41) is 20.9. The molecule has 0 aliphatic heterocycles. The van der Waals surface area contributed by atoms with Gasteiger partial charge < -0.3 is 30.5 Å². The van der Waals surface area contributed by atoms with Crippen LogP contribution in [0.25, 0.3) is 0 Å². The molecule has 0 aliphatic rings. The van der Waals surface area contributed by atoms with Crippen molar-refractivity contribution in [3.05, 3.63) is 59.7 Å². The highest BCUT2D eigenvalue weighted by atomic mass is 16.5. The van der Waals surface area contributed by atoms with Crippen LogP contribution in [-0.2, 0) is 32.1 Å². The minimum atomic E-state index is -2.15. The number of aliphatic hydroxyl groups is 1. The summed E-state index contributed by atoms with van der Waals surface area (Å²) in [7, 11) is 3.07. The van der Waals surface area contributed by atoms with Crippen LogP contribution >= 0.6 is 0 Å². The summed E-state index contributed by atoms with van der Waals surface area (Å²) >= 11 is 0. The molecule has 0 saturated heterocycles. The Balaban J connectivity index is 2.48. The maximum Gasteiger partial charge on any atom is 0.273 e. The Morgan fingerprint density at radius 2 is 1.51 bits per heavy atom. The number of carbonyl (C=O) groups is 4. The van der Waals surface area contributed by atoms with Crippen LogP contribution in [0.5, 0.6) is 11.5 Å². The van der Waals surface area contributed by atoms with Gasteiger partial charge in [0.15, 0.2) is 11.5 Å². The lowest BCUT2D eigenvalue weighted by Crippen LogP contribution is -2.64. The van der Waals surface area contributed by atoms with Crippen molar-refractivity contribution in [1.82, 2.24) is 26.4 Å². The Labute approximate surface area is 266 Å². The molecule has 2 rings (SSSR count). The molecule has 45 heavy (non-hydrogen) atoms. The van der Waals surface area contributed by atoms with Crippen molar-refractivity contribution in [1.29, 1.82) is 0 Å². The van der Waals surface area contributed by atoms with Crippen molar-refractivity contribution in [2.24, 2.45) is 11.8 Å². The summed E-state index contributed by atoms with van der Waals surface area (Å²) in [5.74, 6) is -1.87. The molecule has 248 valence electrons. The minimum Gasteiger partial charge on any atom is -0.493 e. The van der Waals surface area contributed by atoms with Crippen molar-refractivity contribution < 1.29 is 33.8 Å². The van der Waals surface area contributed by atoms with E-state index < -0.39 is 41.4 Å². The lowest BCUT2D eigenvalue weighted by molar-refractivity contribution is -0.155. The van der Waals surface area contributed by atoms with E-state index in [-0.39, 0.29) is 24.9 Å². The number of ether oxygens (including phenoxy) is 2. The van der Waals surface area contributed by atoms with E-state index in [0.29, 0.717) is 24.3 Å². The first-order chi connectivity index (χ1) is 21.2. The van der Waals surface area contributed by atoms with Crippen molar-refractivity contribution in [3.63, 3.8) is 0 Å². The number of nitrogens with one attached hydrogen (secondary N) is 4. The summed E-state index contributed by atoms with van der Waals surface area (Å²) in [5.41, 5.74) is 2.60. The molecule has 0 spiro atoms. The highest BCUT2D eigenvalue weighted by Crippen LogP contribution is 2.28. The molecule has 5 N–H and O–H groups in total. The van der Waals surface area contributed by atoms with Crippen LogP contribution in [0.1, 0.15) is 59.1 Å². The number of nitrogens with zero attached hydrogens (tertiary/aromatic N) is 1. The largest absolute Gasteiger partial charge is 0.493 e. The van der Waals surface area contributed by atoms with E-state index in [0.717, 1.165) is 11.1 Å². The molecule has 2 aromatic carbocycles. The number of benzene rings is 2. The normalized spacial score (nSPS) is 13.9. The lowest BCUT2D eigenvalue weighted by atomic mass is 9.97. The Morgan fingerprint density at radius 3 is 2.04 bits per heavy atom. The van der Waals surface area contributed by atoms with Gasteiger partial charge in [-0.2, -0.15) is 0 Å².